The Labute approximate surface area is 150 Å². The maximum Gasteiger partial charge on any atom is 0.185 e. The lowest BCUT2D eigenvalue weighted by molar-refractivity contribution is -0.109. The Morgan fingerprint density at radius 3 is 1.62 bits per heavy atom. The molecular formula is C18H20N2O2S2. The summed E-state index contributed by atoms with van der Waals surface area (Å²) in [5, 5.41) is 0.282. The van der Waals surface area contributed by atoms with Crippen LogP contribution in [-0.4, -0.2) is 31.7 Å². The van der Waals surface area contributed by atoms with Gasteiger partial charge in [-0.25, -0.2) is 0 Å². The van der Waals surface area contributed by atoms with E-state index in [2.05, 4.69) is 9.97 Å². The number of carbonyl (C=O) groups is 2. The molecule has 2 aromatic rings. The van der Waals surface area contributed by atoms with Crippen LogP contribution in [0.1, 0.15) is 25.0 Å². The normalized spacial score (nSPS) is 10.6. The first kappa shape index (κ1) is 18.7. The van der Waals surface area contributed by atoms with Crippen molar-refractivity contribution in [1.29, 1.82) is 0 Å². The zero-order chi connectivity index (χ0) is 17.4. The summed E-state index contributed by atoms with van der Waals surface area (Å²) in [7, 11) is 0. The number of aromatic nitrogens is 2. The summed E-state index contributed by atoms with van der Waals surface area (Å²) < 4.78 is 0. The van der Waals surface area contributed by atoms with Gasteiger partial charge in [-0.1, -0.05) is 23.5 Å². The molecule has 0 spiro atoms. The van der Waals surface area contributed by atoms with Crippen molar-refractivity contribution in [3.05, 3.63) is 47.8 Å². The molecule has 0 atom stereocenters. The van der Waals surface area contributed by atoms with E-state index < -0.39 is 0 Å². The van der Waals surface area contributed by atoms with Crippen molar-refractivity contribution < 1.29 is 9.59 Å². The van der Waals surface area contributed by atoms with Gasteiger partial charge in [-0.15, -0.1) is 0 Å². The molecule has 0 aliphatic rings. The number of pyridine rings is 2. The molecular weight excluding hydrogens is 340 g/mol. The number of thioether (sulfide) groups is 2. The minimum atomic E-state index is 0.141. The molecule has 24 heavy (non-hydrogen) atoms. The number of aryl methyl sites for hydroxylation is 2. The first-order valence-electron chi connectivity index (χ1n) is 7.71. The van der Waals surface area contributed by atoms with Crippen molar-refractivity contribution >= 4 is 33.8 Å². The van der Waals surface area contributed by atoms with E-state index in [0.29, 0.717) is 0 Å². The van der Waals surface area contributed by atoms with Gasteiger partial charge >= 0.3 is 0 Å². The molecule has 2 heterocycles. The second-order valence-electron chi connectivity index (χ2n) is 5.28. The van der Waals surface area contributed by atoms with Crippen LogP contribution < -0.4 is 0 Å². The second-order valence-corrected chi connectivity index (χ2v) is 7.82. The SMILES string of the molecule is CC(=O)SCCc1ccnc(-c2cc(CCSC(C)=O)ccn2)c1. The molecule has 2 aromatic heterocycles. The fourth-order valence-corrected chi connectivity index (χ4v) is 3.42. The van der Waals surface area contributed by atoms with Gasteiger partial charge in [0.15, 0.2) is 10.2 Å². The summed E-state index contributed by atoms with van der Waals surface area (Å²) in [6, 6.07) is 7.99. The Morgan fingerprint density at radius 2 is 1.25 bits per heavy atom. The molecule has 0 N–H and O–H groups in total. The molecule has 0 radical (unpaired) electrons. The first-order valence-corrected chi connectivity index (χ1v) is 9.68. The second kappa shape index (κ2) is 9.59. The molecule has 126 valence electrons. The molecule has 0 amide bonds. The Bertz CT molecular complexity index is 658. The largest absolute Gasteiger partial charge is 0.288 e. The van der Waals surface area contributed by atoms with Crippen molar-refractivity contribution in [2.45, 2.75) is 26.7 Å². The summed E-state index contributed by atoms with van der Waals surface area (Å²) in [4.78, 5) is 30.8. The number of hydrogen-bond donors (Lipinski definition) is 0. The van der Waals surface area contributed by atoms with E-state index in [-0.39, 0.29) is 10.2 Å². The summed E-state index contributed by atoms with van der Waals surface area (Å²) in [6.07, 6.45) is 5.22. The third-order valence-electron chi connectivity index (χ3n) is 3.30. The molecule has 0 saturated carbocycles. The average molecular weight is 361 g/mol. The Hall–Kier alpha value is -1.66. The molecule has 2 rings (SSSR count). The number of carbonyl (C=O) groups excluding carboxylic acids is 2. The molecule has 0 unspecified atom stereocenters. The van der Waals surface area contributed by atoms with E-state index in [1.165, 1.54) is 23.5 Å². The van der Waals surface area contributed by atoms with Crippen LogP contribution in [0.25, 0.3) is 11.4 Å². The summed E-state index contributed by atoms with van der Waals surface area (Å²) in [6.45, 7) is 3.17. The maximum absolute atomic E-state index is 11.0. The lowest BCUT2D eigenvalue weighted by Crippen LogP contribution is -1.96. The van der Waals surface area contributed by atoms with Gasteiger partial charge in [-0.2, -0.15) is 0 Å². The van der Waals surface area contributed by atoms with Crippen LogP contribution in [0, 0.1) is 0 Å². The van der Waals surface area contributed by atoms with Crippen LogP contribution in [0.3, 0.4) is 0 Å². The lowest BCUT2D eigenvalue weighted by atomic mass is 10.1. The highest BCUT2D eigenvalue weighted by molar-refractivity contribution is 8.13. The van der Waals surface area contributed by atoms with Gasteiger partial charge in [0.05, 0.1) is 11.4 Å². The molecule has 0 aromatic carbocycles. The van der Waals surface area contributed by atoms with Crippen LogP contribution in [0.5, 0.6) is 0 Å². The van der Waals surface area contributed by atoms with Crippen LogP contribution in [0.4, 0.5) is 0 Å². The molecule has 0 saturated heterocycles. The predicted octanol–water partition coefficient (Wildman–Crippen LogP) is 3.79. The number of nitrogens with zero attached hydrogens (tertiary/aromatic N) is 2. The summed E-state index contributed by atoms with van der Waals surface area (Å²) in [5.41, 5.74) is 3.96. The Morgan fingerprint density at radius 1 is 0.833 bits per heavy atom. The van der Waals surface area contributed by atoms with Crippen LogP contribution in [0.15, 0.2) is 36.7 Å². The minimum Gasteiger partial charge on any atom is -0.288 e. The first-order chi connectivity index (χ1) is 11.5. The van der Waals surface area contributed by atoms with Crippen LogP contribution in [0.2, 0.25) is 0 Å². The Kier molecular flexibility index (Phi) is 7.46. The smallest absolute Gasteiger partial charge is 0.185 e. The van der Waals surface area contributed by atoms with Crippen molar-refractivity contribution in [2.24, 2.45) is 0 Å². The standard InChI is InChI=1S/C18H20N2O2S2/c1-13(21)23-9-5-15-3-7-19-17(11-15)18-12-16(4-8-20-18)6-10-24-14(2)22/h3-4,7-8,11-12H,5-6,9-10H2,1-2H3. The van der Waals surface area contributed by atoms with E-state index in [9.17, 15) is 9.59 Å². The zero-order valence-electron chi connectivity index (χ0n) is 13.8. The minimum absolute atomic E-state index is 0.141. The number of hydrogen-bond acceptors (Lipinski definition) is 6. The van der Waals surface area contributed by atoms with Crippen molar-refractivity contribution in [1.82, 2.24) is 9.97 Å². The van der Waals surface area contributed by atoms with Gasteiger partial charge < -0.3 is 0 Å². The quantitative estimate of drug-likeness (QED) is 0.749. The fraction of sp³-hybridized carbons (Fsp3) is 0.333. The third kappa shape index (κ3) is 6.45. The highest BCUT2D eigenvalue weighted by atomic mass is 32.2. The summed E-state index contributed by atoms with van der Waals surface area (Å²) >= 11 is 2.67. The lowest BCUT2D eigenvalue weighted by Gasteiger charge is -2.06. The number of rotatable bonds is 7. The fourth-order valence-electron chi connectivity index (χ4n) is 2.16. The molecule has 0 aliphatic heterocycles. The van der Waals surface area contributed by atoms with E-state index in [4.69, 9.17) is 0 Å². The van der Waals surface area contributed by atoms with Gasteiger partial charge in [0.25, 0.3) is 0 Å². The van der Waals surface area contributed by atoms with Crippen molar-refractivity contribution in [3.8, 4) is 11.4 Å². The van der Waals surface area contributed by atoms with Crippen molar-refractivity contribution in [2.75, 3.05) is 11.5 Å². The molecule has 4 nitrogen and oxygen atoms in total. The van der Waals surface area contributed by atoms with Gasteiger partial charge in [0.2, 0.25) is 0 Å². The van der Waals surface area contributed by atoms with Crippen molar-refractivity contribution in [3.63, 3.8) is 0 Å². The monoisotopic (exact) mass is 360 g/mol. The average Bonchev–Trinajstić information content (AvgIpc) is 2.55. The van der Waals surface area contributed by atoms with Crippen LogP contribution in [-0.2, 0) is 22.4 Å². The Balaban J connectivity index is 2.05. The van der Waals surface area contributed by atoms with Crippen LogP contribution >= 0.6 is 23.5 Å². The molecule has 0 aliphatic carbocycles. The predicted molar refractivity (Wildman–Crippen MR) is 101 cm³/mol. The van der Waals surface area contributed by atoms with Gasteiger partial charge in [-0.3, -0.25) is 19.6 Å². The van der Waals surface area contributed by atoms with E-state index in [1.807, 2.05) is 24.3 Å². The molecule has 0 fully saturated rings. The van der Waals surface area contributed by atoms with E-state index >= 15 is 0 Å². The van der Waals surface area contributed by atoms with Gasteiger partial charge in [0, 0.05) is 37.7 Å². The molecule has 0 bridgehead atoms. The van der Waals surface area contributed by atoms with E-state index in [0.717, 1.165) is 46.9 Å². The van der Waals surface area contributed by atoms with Gasteiger partial charge in [-0.05, 0) is 48.2 Å². The summed E-state index contributed by atoms with van der Waals surface area (Å²) in [5.74, 6) is 1.54. The third-order valence-corrected chi connectivity index (χ3v) is 4.93. The van der Waals surface area contributed by atoms with E-state index in [1.54, 1.807) is 26.2 Å². The maximum atomic E-state index is 11.0. The highest BCUT2D eigenvalue weighted by Gasteiger charge is 2.05. The molecule has 6 heteroatoms. The highest BCUT2D eigenvalue weighted by Crippen LogP contribution is 2.19. The zero-order valence-corrected chi connectivity index (χ0v) is 15.5. The topological polar surface area (TPSA) is 59.9 Å². The van der Waals surface area contributed by atoms with Gasteiger partial charge in [0.1, 0.15) is 0 Å².